The van der Waals surface area contributed by atoms with Crippen LogP contribution in [0.5, 0.6) is 0 Å². The van der Waals surface area contributed by atoms with E-state index in [1.54, 1.807) is 7.05 Å². The molecular weight excluding hydrogens is 388 g/mol. The summed E-state index contributed by atoms with van der Waals surface area (Å²) in [6.07, 6.45) is 3.15. The summed E-state index contributed by atoms with van der Waals surface area (Å²) in [4.78, 5) is 0.511. The summed E-state index contributed by atoms with van der Waals surface area (Å²) in [6, 6.07) is 0. The summed E-state index contributed by atoms with van der Waals surface area (Å²) in [7, 11) is -2.01. The second-order valence-electron chi connectivity index (χ2n) is 4.44. The smallest absolute Gasteiger partial charge is 0.235 e. The third kappa shape index (κ3) is 3.12. The lowest BCUT2D eigenvalue weighted by Gasteiger charge is -2.11. The molecule has 2 rings (SSSR count). The minimum Gasteiger partial charge on any atom is -0.235 e. The van der Waals surface area contributed by atoms with Crippen LogP contribution in [0.15, 0.2) is 9.63 Å². The largest absolute Gasteiger partial charge is 0.260 e. The summed E-state index contributed by atoms with van der Waals surface area (Å²) in [5.41, 5.74) is 0. The van der Waals surface area contributed by atoms with Crippen LogP contribution in [0.3, 0.4) is 0 Å². The second kappa shape index (κ2) is 5.56. The summed E-state index contributed by atoms with van der Waals surface area (Å²) in [5, 5.41) is 7.41. The Kier molecular flexibility index (Phi) is 4.45. The molecule has 1 saturated carbocycles. The lowest BCUT2D eigenvalue weighted by Crippen LogP contribution is -2.30. The van der Waals surface area contributed by atoms with Crippen molar-refractivity contribution in [2.45, 2.75) is 29.1 Å². The standard InChI is InChI=1S/C9H14Br2N4O2S/c1-15-9(8(11)13-14-15)18(16,17)12-5-6-2-3-7(10)4-6/h6-7,12H,2-5H2,1H3. The van der Waals surface area contributed by atoms with Crippen molar-refractivity contribution in [3.8, 4) is 0 Å². The van der Waals surface area contributed by atoms with Crippen molar-refractivity contribution >= 4 is 41.9 Å². The molecule has 0 radical (unpaired) electrons. The Morgan fingerprint density at radius 2 is 2.22 bits per heavy atom. The minimum absolute atomic E-state index is 0.0656. The highest BCUT2D eigenvalue weighted by Gasteiger charge is 2.27. The van der Waals surface area contributed by atoms with E-state index in [9.17, 15) is 8.42 Å². The first-order chi connectivity index (χ1) is 8.40. The van der Waals surface area contributed by atoms with Crippen molar-refractivity contribution in [3.05, 3.63) is 4.60 Å². The first-order valence-corrected chi connectivity index (χ1v) is 8.78. The molecule has 9 heteroatoms. The molecular formula is C9H14Br2N4O2S. The van der Waals surface area contributed by atoms with Gasteiger partial charge in [0.05, 0.1) is 0 Å². The molecule has 0 aliphatic heterocycles. The van der Waals surface area contributed by atoms with Gasteiger partial charge >= 0.3 is 0 Å². The number of sulfonamides is 1. The number of aromatic nitrogens is 3. The van der Waals surface area contributed by atoms with E-state index in [4.69, 9.17) is 0 Å². The average Bonchev–Trinajstić information content (AvgIpc) is 2.83. The fraction of sp³-hybridized carbons (Fsp3) is 0.778. The van der Waals surface area contributed by atoms with Crippen LogP contribution in [0, 0.1) is 5.92 Å². The molecule has 0 spiro atoms. The van der Waals surface area contributed by atoms with Crippen LogP contribution in [0.2, 0.25) is 0 Å². The van der Waals surface area contributed by atoms with Gasteiger partial charge in [-0.2, -0.15) is 0 Å². The van der Waals surface area contributed by atoms with E-state index in [0.717, 1.165) is 19.3 Å². The van der Waals surface area contributed by atoms with Gasteiger partial charge in [0.15, 0.2) is 4.60 Å². The monoisotopic (exact) mass is 400 g/mol. The molecule has 1 N–H and O–H groups in total. The Labute approximate surface area is 123 Å². The number of aryl methyl sites for hydroxylation is 1. The van der Waals surface area contributed by atoms with E-state index in [0.29, 0.717) is 17.3 Å². The van der Waals surface area contributed by atoms with Crippen LogP contribution in [0.1, 0.15) is 19.3 Å². The third-order valence-electron chi connectivity index (χ3n) is 3.03. The van der Waals surface area contributed by atoms with Crippen LogP contribution in [-0.4, -0.2) is 34.8 Å². The molecule has 0 saturated heterocycles. The maximum atomic E-state index is 12.1. The molecule has 2 unspecified atom stereocenters. The Morgan fingerprint density at radius 1 is 1.50 bits per heavy atom. The number of nitrogens with one attached hydrogen (secondary N) is 1. The first kappa shape index (κ1) is 14.4. The van der Waals surface area contributed by atoms with E-state index in [-0.39, 0.29) is 9.63 Å². The molecule has 1 heterocycles. The first-order valence-electron chi connectivity index (χ1n) is 5.59. The summed E-state index contributed by atoms with van der Waals surface area (Å²) in [6.45, 7) is 0.460. The van der Waals surface area contributed by atoms with Crippen molar-refractivity contribution in [3.63, 3.8) is 0 Å². The quantitative estimate of drug-likeness (QED) is 0.774. The van der Waals surface area contributed by atoms with Gasteiger partial charge in [-0.05, 0) is 41.1 Å². The zero-order valence-corrected chi connectivity index (χ0v) is 13.8. The molecule has 1 fully saturated rings. The predicted molar refractivity (Wildman–Crippen MR) is 73.9 cm³/mol. The SMILES string of the molecule is Cn1nnc(Br)c1S(=O)(=O)NCC1CCC(Br)C1. The molecule has 1 aromatic rings. The van der Waals surface area contributed by atoms with Crippen LogP contribution < -0.4 is 4.72 Å². The molecule has 0 amide bonds. The van der Waals surface area contributed by atoms with Gasteiger partial charge in [0.1, 0.15) is 0 Å². The summed E-state index contributed by atoms with van der Waals surface area (Å²) < 4.78 is 28.3. The summed E-state index contributed by atoms with van der Waals surface area (Å²) >= 11 is 6.65. The Morgan fingerprint density at radius 3 is 2.72 bits per heavy atom. The third-order valence-corrected chi connectivity index (χ3v) is 6.17. The molecule has 1 aliphatic carbocycles. The van der Waals surface area contributed by atoms with Gasteiger partial charge in [-0.25, -0.2) is 17.8 Å². The molecule has 1 aliphatic rings. The van der Waals surface area contributed by atoms with Gasteiger partial charge < -0.3 is 0 Å². The highest BCUT2D eigenvalue weighted by Crippen LogP contribution is 2.30. The minimum atomic E-state index is -3.56. The number of halogens is 2. The van der Waals surface area contributed by atoms with Gasteiger partial charge in [-0.3, -0.25) is 0 Å². The van der Waals surface area contributed by atoms with E-state index in [2.05, 4.69) is 46.9 Å². The van der Waals surface area contributed by atoms with Gasteiger partial charge in [0.25, 0.3) is 10.0 Å². The van der Waals surface area contributed by atoms with Crippen molar-refractivity contribution in [1.29, 1.82) is 0 Å². The average molecular weight is 402 g/mol. The van der Waals surface area contributed by atoms with Gasteiger partial charge in [0.2, 0.25) is 5.03 Å². The van der Waals surface area contributed by atoms with Crippen molar-refractivity contribution in [2.75, 3.05) is 6.54 Å². The molecule has 0 aromatic carbocycles. The molecule has 2 atom stereocenters. The van der Waals surface area contributed by atoms with Crippen LogP contribution >= 0.6 is 31.9 Å². The highest BCUT2D eigenvalue weighted by atomic mass is 79.9. The van der Waals surface area contributed by atoms with Crippen molar-refractivity contribution in [2.24, 2.45) is 13.0 Å². The topological polar surface area (TPSA) is 76.9 Å². The van der Waals surface area contributed by atoms with Gasteiger partial charge in [0, 0.05) is 18.4 Å². The fourth-order valence-electron chi connectivity index (χ4n) is 2.10. The van der Waals surface area contributed by atoms with E-state index >= 15 is 0 Å². The Balaban J connectivity index is 2.04. The predicted octanol–water partition coefficient (Wildman–Crippen LogP) is 1.42. The molecule has 102 valence electrons. The number of alkyl halides is 1. The summed E-state index contributed by atoms with van der Waals surface area (Å²) in [5.74, 6) is 0.393. The molecule has 0 bridgehead atoms. The Hall–Kier alpha value is 0.01000. The second-order valence-corrected chi connectivity index (χ2v) is 8.17. The molecule has 18 heavy (non-hydrogen) atoms. The van der Waals surface area contributed by atoms with E-state index < -0.39 is 10.0 Å². The lowest BCUT2D eigenvalue weighted by atomic mass is 10.1. The van der Waals surface area contributed by atoms with Crippen LogP contribution in [0.4, 0.5) is 0 Å². The van der Waals surface area contributed by atoms with Crippen LogP contribution in [-0.2, 0) is 17.1 Å². The van der Waals surface area contributed by atoms with Gasteiger partial charge in [-0.1, -0.05) is 21.1 Å². The number of hydrogen-bond acceptors (Lipinski definition) is 4. The van der Waals surface area contributed by atoms with E-state index in [1.807, 2.05) is 0 Å². The normalized spacial score (nSPS) is 24.6. The number of rotatable bonds is 4. The highest BCUT2D eigenvalue weighted by molar-refractivity contribution is 9.10. The van der Waals surface area contributed by atoms with Gasteiger partial charge in [-0.15, -0.1) is 5.10 Å². The van der Waals surface area contributed by atoms with E-state index in [1.165, 1.54) is 4.68 Å². The fourth-order valence-corrected chi connectivity index (χ4v) is 5.10. The molecule has 6 nitrogen and oxygen atoms in total. The van der Waals surface area contributed by atoms with Crippen molar-refractivity contribution in [1.82, 2.24) is 19.7 Å². The maximum absolute atomic E-state index is 12.1. The Bertz CT molecular complexity index is 511. The molecule has 1 aromatic heterocycles. The van der Waals surface area contributed by atoms with Crippen molar-refractivity contribution < 1.29 is 8.42 Å². The lowest BCUT2D eigenvalue weighted by molar-refractivity contribution is 0.513. The van der Waals surface area contributed by atoms with Crippen LogP contribution in [0.25, 0.3) is 0 Å². The zero-order chi connectivity index (χ0) is 13.3. The number of hydrogen-bond donors (Lipinski definition) is 1. The number of nitrogens with zero attached hydrogens (tertiary/aromatic N) is 3. The zero-order valence-electron chi connectivity index (χ0n) is 9.81. The maximum Gasteiger partial charge on any atom is 0.260 e.